The first-order valence-corrected chi connectivity index (χ1v) is 7.75. The Hall–Kier alpha value is -1.62. The summed E-state index contributed by atoms with van der Waals surface area (Å²) >= 11 is 0. The molecule has 21 heavy (non-hydrogen) atoms. The zero-order chi connectivity index (χ0) is 15.2. The third kappa shape index (κ3) is 4.17. The van der Waals surface area contributed by atoms with Crippen molar-refractivity contribution in [3.8, 4) is 0 Å². The van der Waals surface area contributed by atoms with Crippen LogP contribution in [0.1, 0.15) is 30.3 Å². The molecule has 2 rings (SSSR count). The van der Waals surface area contributed by atoms with Crippen LogP contribution < -0.4 is 10.2 Å². The Bertz CT molecular complexity index is 467. The Labute approximate surface area is 127 Å². The van der Waals surface area contributed by atoms with Crippen LogP contribution in [0.3, 0.4) is 0 Å². The first-order chi connectivity index (χ1) is 10.1. The molecule has 0 saturated carbocycles. The number of carbonyl (C=O) groups excluding carboxylic acids is 1. The largest absolute Gasteiger partial charge is 0.371 e. The number of hydrogen-bond acceptors (Lipinski definition) is 4. The van der Waals surface area contributed by atoms with E-state index in [1.54, 1.807) is 25.2 Å². The van der Waals surface area contributed by atoms with E-state index >= 15 is 0 Å². The fourth-order valence-electron chi connectivity index (χ4n) is 2.71. The minimum atomic E-state index is -0.0427. The van der Waals surface area contributed by atoms with Gasteiger partial charge in [0.1, 0.15) is 5.69 Å². The molecule has 0 atom stereocenters. The standard InChI is InChI=1S/C16H26N4O/c1-4-17-12-13-6-9-20(10-7-13)14-5-8-18-15(11-14)16(21)19(2)3/h5,8,11,13,17H,4,6-7,9-10,12H2,1-3H3. The maximum atomic E-state index is 12.0. The summed E-state index contributed by atoms with van der Waals surface area (Å²) in [5.74, 6) is 0.727. The molecular weight excluding hydrogens is 264 g/mol. The molecule has 1 amide bonds. The highest BCUT2D eigenvalue weighted by Gasteiger charge is 2.20. The van der Waals surface area contributed by atoms with Gasteiger partial charge in [-0.1, -0.05) is 6.92 Å². The second-order valence-corrected chi connectivity index (χ2v) is 5.84. The molecule has 0 aliphatic carbocycles. The molecule has 5 nitrogen and oxygen atoms in total. The highest BCUT2D eigenvalue weighted by Crippen LogP contribution is 2.23. The van der Waals surface area contributed by atoms with Crippen molar-refractivity contribution in [2.24, 2.45) is 5.92 Å². The molecule has 1 fully saturated rings. The van der Waals surface area contributed by atoms with Gasteiger partial charge in [0.25, 0.3) is 5.91 Å². The van der Waals surface area contributed by atoms with Crippen LogP contribution in [0.15, 0.2) is 18.3 Å². The fraction of sp³-hybridized carbons (Fsp3) is 0.625. The first kappa shape index (κ1) is 15.8. The van der Waals surface area contributed by atoms with Crippen molar-refractivity contribution in [3.05, 3.63) is 24.0 Å². The van der Waals surface area contributed by atoms with Crippen molar-refractivity contribution in [1.82, 2.24) is 15.2 Å². The predicted molar refractivity (Wildman–Crippen MR) is 85.7 cm³/mol. The first-order valence-electron chi connectivity index (χ1n) is 7.75. The molecular formula is C16H26N4O. The van der Waals surface area contributed by atoms with Crippen LogP contribution in [-0.4, -0.2) is 56.1 Å². The Morgan fingerprint density at radius 2 is 2.14 bits per heavy atom. The molecule has 0 spiro atoms. The van der Waals surface area contributed by atoms with E-state index in [2.05, 4.69) is 22.1 Å². The zero-order valence-corrected chi connectivity index (χ0v) is 13.3. The lowest BCUT2D eigenvalue weighted by Gasteiger charge is -2.33. The van der Waals surface area contributed by atoms with Gasteiger partial charge in [0.05, 0.1) is 0 Å². The number of nitrogens with zero attached hydrogens (tertiary/aromatic N) is 3. The Kier molecular flexibility index (Phi) is 5.56. The Balaban J connectivity index is 1.97. The second kappa shape index (κ2) is 7.41. The second-order valence-electron chi connectivity index (χ2n) is 5.84. The minimum Gasteiger partial charge on any atom is -0.371 e. The van der Waals surface area contributed by atoms with Crippen LogP contribution in [0.2, 0.25) is 0 Å². The summed E-state index contributed by atoms with van der Waals surface area (Å²) in [5, 5.41) is 3.43. The number of nitrogens with one attached hydrogen (secondary N) is 1. The van der Waals surface area contributed by atoms with E-state index in [0.717, 1.165) is 37.8 Å². The van der Waals surface area contributed by atoms with Crippen molar-refractivity contribution < 1.29 is 4.79 Å². The van der Waals surface area contributed by atoms with Crippen molar-refractivity contribution >= 4 is 11.6 Å². The number of anilines is 1. The average Bonchev–Trinajstić information content (AvgIpc) is 2.52. The van der Waals surface area contributed by atoms with Gasteiger partial charge < -0.3 is 15.1 Å². The van der Waals surface area contributed by atoms with Gasteiger partial charge in [-0.25, -0.2) is 0 Å². The Morgan fingerprint density at radius 1 is 1.43 bits per heavy atom. The van der Waals surface area contributed by atoms with Crippen molar-refractivity contribution in [1.29, 1.82) is 0 Å². The van der Waals surface area contributed by atoms with Gasteiger partial charge in [0.2, 0.25) is 0 Å². The molecule has 116 valence electrons. The molecule has 0 radical (unpaired) electrons. The highest BCUT2D eigenvalue weighted by molar-refractivity contribution is 5.92. The van der Waals surface area contributed by atoms with Crippen LogP contribution in [0.25, 0.3) is 0 Å². The van der Waals surface area contributed by atoms with Gasteiger partial charge in [-0.05, 0) is 44.0 Å². The molecule has 0 bridgehead atoms. The summed E-state index contributed by atoms with van der Waals surface area (Å²) < 4.78 is 0. The van der Waals surface area contributed by atoms with Crippen molar-refractivity contribution in [2.75, 3.05) is 45.2 Å². The minimum absolute atomic E-state index is 0.0427. The van der Waals surface area contributed by atoms with E-state index in [1.165, 1.54) is 12.8 Å². The number of piperidine rings is 1. The van der Waals surface area contributed by atoms with Crippen molar-refractivity contribution in [3.63, 3.8) is 0 Å². The SMILES string of the molecule is CCNCC1CCN(c2ccnc(C(=O)N(C)C)c2)CC1. The van der Waals surface area contributed by atoms with Crippen LogP contribution in [0.4, 0.5) is 5.69 Å². The number of amides is 1. The van der Waals surface area contributed by atoms with Gasteiger partial charge in [0.15, 0.2) is 0 Å². The monoisotopic (exact) mass is 290 g/mol. The van der Waals surface area contributed by atoms with Gasteiger partial charge >= 0.3 is 0 Å². The van der Waals surface area contributed by atoms with E-state index in [4.69, 9.17) is 0 Å². The van der Waals surface area contributed by atoms with Crippen LogP contribution in [0.5, 0.6) is 0 Å². The lowest BCUT2D eigenvalue weighted by molar-refractivity contribution is 0.0822. The lowest BCUT2D eigenvalue weighted by atomic mass is 9.96. The highest BCUT2D eigenvalue weighted by atomic mass is 16.2. The molecule has 0 unspecified atom stereocenters. The average molecular weight is 290 g/mol. The quantitative estimate of drug-likeness (QED) is 0.895. The molecule has 1 aromatic heterocycles. The third-order valence-corrected chi connectivity index (χ3v) is 4.03. The molecule has 1 N–H and O–H groups in total. The van der Waals surface area contributed by atoms with E-state index in [-0.39, 0.29) is 5.91 Å². The van der Waals surface area contributed by atoms with E-state index in [1.807, 2.05) is 12.1 Å². The van der Waals surface area contributed by atoms with Crippen LogP contribution in [-0.2, 0) is 0 Å². The molecule has 1 saturated heterocycles. The van der Waals surface area contributed by atoms with E-state index < -0.39 is 0 Å². The smallest absolute Gasteiger partial charge is 0.272 e. The summed E-state index contributed by atoms with van der Waals surface area (Å²) in [6, 6.07) is 3.91. The fourth-order valence-corrected chi connectivity index (χ4v) is 2.71. The summed E-state index contributed by atoms with van der Waals surface area (Å²) in [5.41, 5.74) is 1.63. The van der Waals surface area contributed by atoms with Gasteiger partial charge in [0, 0.05) is 39.1 Å². The van der Waals surface area contributed by atoms with Crippen LogP contribution >= 0.6 is 0 Å². The molecule has 2 heterocycles. The van der Waals surface area contributed by atoms with Crippen molar-refractivity contribution in [2.45, 2.75) is 19.8 Å². The number of pyridine rings is 1. The molecule has 1 aliphatic heterocycles. The molecule has 1 aromatic rings. The molecule has 1 aliphatic rings. The number of carbonyl (C=O) groups is 1. The normalized spacial score (nSPS) is 16.0. The van der Waals surface area contributed by atoms with Gasteiger partial charge in [-0.15, -0.1) is 0 Å². The summed E-state index contributed by atoms with van der Waals surface area (Å²) in [7, 11) is 3.51. The van der Waals surface area contributed by atoms with Crippen LogP contribution in [0, 0.1) is 5.92 Å². The summed E-state index contributed by atoms with van der Waals surface area (Å²) in [4.78, 5) is 20.1. The summed E-state index contributed by atoms with van der Waals surface area (Å²) in [6.45, 7) is 6.41. The number of aromatic nitrogens is 1. The molecule has 5 heteroatoms. The van der Waals surface area contributed by atoms with Gasteiger partial charge in [-0.2, -0.15) is 0 Å². The number of rotatable bonds is 5. The molecule has 0 aromatic carbocycles. The predicted octanol–water partition coefficient (Wildman–Crippen LogP) is 1.61. The topological polar surface area (TPSA) is 48.5 Å². The lowest BCUT2D eigenvalue weighted by Crippen LogP contribution is -2.37. The van der Waals surface area contributed by atoms with Gasteiger partial charge in [-0.3, -0.25) is 9.78 Å². The maximum Gasteiger partial charge on any atom is 0.272 e. The Morgan fingerprint density at radius 3 is 2.76 bits per heavy atom. The third-order valence-electron chi connectivity index (χ3n) is 4.03. The number of hydrogen-bond donors (Lipinski definition) is 1. The van der Waals surface area contributed by atoms with E-state index in [0.29, 0.717) is 5.69 Å². The zero-order valence-electron chi connectivity index (χ0n) is 13.3. The maximum absolute atomic E-state index is 12.0. The van der Waals surface area contributed by atoms with E-state index in [9.17, 15) is 4.79 Å². The summed E-state index contributed by atoms with van der Waals surface area (Å²) in [6.07, 6.45) is 4.13.